The molecule has 0 bridgehead atoms. The zero-order valence-electron chi connectivity index (χ0n) is 2.06. The molecular weight excluding hydrogens is 376 g/mol. The predicted octanol–water partition coefficient (Wildman–Crippen LogP) is -5.62. The van der Waals surface area contributed by atoms with Gasteiger partial charge in [-0.2, -0.15) is 0 Å². The Morgan fingerprint density at radius 1 is 0.750 bits per heavy atom. The first-order valence-corrected chi connectivity index (χ1v) is 0. The van der Waals surface area contributed by atoms with Gasteiger partial charge in [0.05, 0.1) is 0 Å². The molecule has 0 atom stereocenters. The average Bonchev–Trinajstić information content (AvgIpc) is 0. The van der Waals surface area contributed by atoms with E-state index in [4.69, 9.17) is 0 Å². The van der Waals surface area contributed by atoms with Crippen molar-refractivity contribution < 1.29 is 70.3 Å². The van der Waals surface area contributed by atoms with Crippen LogP contribution in [0.5, 0.6) is 0 Å². The molecule has 4 heavy (non-hydrogen) atoms. The molecule has 0 aromatic carbocycles. The molecule has 34 valence electrons. The molecule has 4 N–H and O–H groups in total. The van der Waals surface area contributed by atoms with Crippen LogP contribution in [0.2, 0.25) is 0 Å². The van der Waals surface area contributed by atoms with Crippen molar-refractivity contribution in [2.75, 3.05) is 0 Å². The summed E-state index contributed by atoms with van der Waals surface area (Å²) in [6.07, 6.45) is 0. The molecule has 0 aromatic heterocycles. The third-order valence-corrected chi connectivity index (χ3v) is 0. The van der Waals surface area contributed by atoms with E-state index >= 15 is 0 Å². The third kappa shape index (κ3) is 8.90. The van der Waals surface area contributed by atoms with Crippen molar-refractivity contribution in [1.82, 2.24) is 6.15 Å². The Morgan fingerprint density at radius 3 is 0.750 bits per heavy atom. The zero-order chi connectivity index (χ0) is 0. The van der Waals surface area contributed by atoms with Crippen LogP contribution in [-0.2, 0) is 22.4 Å². The molecule has 0 aliphatic carbocycles. The summed E-state index contributed by atoms with van der Waals surface area (Å²) in [5.74, 6) is 0. The molecule has 0 radical (unpaired) electrons. The van der Waals surface area contributed by atoms with Crippen molar-refractivity contribution in [2.45, 2.75) is 0 Å². The first-order chi connectivity index (χ1) is 0. The summed E-state index contributed by atoms with van der Waals surface area (Å²) in [4.78, 5) is 0. The summed E-state index contributed by atoms with van der Waals surface area (Å²) in [7, 11) is 0. The summed E-state index contributed by atoms with van der Waals surface area (Å²) < 4.78 is 0. The maximum absolute atomic E-state index is 0. The third-order valence-electron chi connectivity index (χ3n) is 0. The van der Waals surface area contributed by atoms with Crippen LogP contribution < -0.4 is 54.1 Å². The fourth-order valence-corrected chi connectivity index (χ4v) is 0. The number of halogens is 2. The Bertz CT molecular complexity index is 6.00. The van der Waals surface area contributed by atoms with E-state index in [2.05, 4.69) is 0 Å². The Morgan fingerprint density at radius 2 is 0.750 bits per heavy atom. The smallest absolute Gasteiger partial charge is 1.00 e. The minimum absolute atomic E-state index is 0. The minimum atomic E-state index is 0. The van der Waals surface area contributed by atoms with Crippen LogP contribution in [0.15, 0.2) is 0 Å². The van der Waals surface area contributed by atoms with Gasteiger partial charge in [0.2, 0.25) is 0 Å². The predicted molar refractivity (Wildman–Crippen MR) is 5.98 cm³/mol. The van der Waals surface area contributed by atoms with Crippen molar-refractivity contribution in [2.24, 2.45) is 0 Å². The summed E-state index contributed by atoms with van der Waals surface area (Å²) in [6, 6.07) is 0. The molecule has 0 aliphatic rings. The second-order valence-electron chi connectivity index (χ2n) is 0. The van der Waals surface area contributed by atoms with E-state index in [1.807, 2.05) is 0 Å². The van der Waals surface area contributed by atoms with Crippen molar-refractivity contribution in [1.29, 1.82) is 0 Å². The van der Waals surface area contributed by atoms with E-state index in [0.717, 1.165) is 0 Å². The molecule has 0 spiro atoms. The molecule has 0 rings (SSSR count). The number of quaternary nitrogens is 1. The minimum Gasteiger partial charge on any atom is -1.00 e. The van der Waals surface area contributed by atoms with Crippen molar-refractivity contribution >= 4 is 0 Å². The van der Waals surface area contributed by atoms with Gasteiger partial charge in [-0.25, -0.2) is 0 Å². The largest absolute Gasteiger partial charge is 1.00 e. The Kier molecular flexibility index (Phi) is 168. The van der Waals surface area contributed by atoms with Gasteiger partial charge >= 0.3 is 22.4 Å². The normalized spacial score (nSPS) is 0. The van der Waals surface area contributed by atoms with Crippen molar-refractivity contribution in [3.63, 3.8) is 0 Å². The number of rotatable bonds is 0. The topological polar surface area (TPSA) is 36.5 Å². The number of hydrogen-bond acceptors (Lipinski definition) is 0. The van der Waals surface area contributed by atoms with E-state index < -0.39 is 0 Å². The van der Waals surface area contributed by atoms with Crippen molar-refractivity contribution in [3.8, 4) is 0 Å². The van der Waals surface area contributed by atoms with Crippen LogP contribution in [0.4, 0.5) is 0 Å². The first kappa shape index (κ1) is 35.2. The number of hydrogen-bond donors (Lipinski definition) is 1. The maximum atomic E-state index is 0. The molecule has 0 fully saturated rings. The van der Waals surface area contributed by atoms with Gasteiger partial charge in [0.15, 0.2) is 0 Å². The van der Waals surface area contributed by atoms with Gasteiger partial charge in [-0.3, -0.25) is 0 Å². The van der Waals surface area contributed by atoms with Crippen LogP contribution in [0, 0.1) is 0 Å². The van der Waals surface area contributed by atoms with E-state index in [9.17, 15) is 0 Å². The Balaban J connectivity index is 0. The van der Waals surface area contributed by atoms with Gasteiger partial charge in [0.1, 0.15) is 0 Å². The fourth-order valence-electron chi connectivity index (χ4n) is 0. The van der Waals surface area contributed by atoms with Crippen LogP contribution in [0.1, 0.15) is 0 Å². The Hall–Kier alpha value is 2.16. The summed E-state index contributed by atoms with van der Waals surface area (Å²) >= 11 is 0. The molecule has 0 heterocycles. The average molecular weight is 380 g/mol. The molecule has 0 amide bonds. The SMILES string of the molecule is [Ag+].[I-].[I-].[NH4+]. The fraction of sp³-hybridized carbons (Fsp3) is 0. The molecule has 4 heteroatoms. The van der Waals surface area contributed by atoms with E-state index in [1.165, 1.54) is 0 Å². The molecular formula is H4AgI2N. The standard InChI is InChI=1S/Ag.2HI.H3N/h;2*1H;1H3/q+1;;;/p-1. The molecule has 0 aliphatic heterocycles. The quantitative estimate of drug-likeness (QED) is 0.322. The van der Waals surface area contributed by atoms with Gasteiger partial charge in [-0.05, 0) is 0 Å². The van der Waals surface area contributed by atoms with Gasteiger partial charge in [0.25, 0.3) is 0 Å². The molecule has 1 nitrogen and oxygen atoms in total. The molecule has 0 saturated carbocycles. The first-order valence-electron chi connectivity index (χ1n) is 0. The monoisotopic (exact) mass is 379 g/mol. The molecule has 0 unspecified atom stereocenters. The van der Waals surface area contributed by atoms with Gasteiger partial charge in [-0.1, -0.05) is 0 Å². The van der Waals surface area contributed by atoms with Crippen LogP contribution in [0.25, 0.3) is 0 Å². The second-order valence-corrected chi connectivity index (χ2v) is 0. The summed E-state index contributed by atoms with van der Waals surface area (Å²) in [5.41, 5.74) is 0. The van der Waals surface area contributed by atoms with E-state index in [-0.39, 0.29) is 76.5 Å². The van der Waals surface area contributed by atoms with E-state index in [0.29, 0.717) is 0 Å². The van der Waals surface area contributed by atoms with E-state index in [1.54, 1.807) is 0 Å². The molecule has 0 aromatic rings. The van der Waals surface area contributed by atoms with Crippen LogP contribution in [-0.4, -0.2) is 0 Å². The second kappa shape index (κ2) is 19.1. The van der Waals surface area contributed by atoms with Gasteiger partial charge < -0.3 is 54.1 Å². The van der Waals surface area contributed by atoms with Gasteiger partial charge in [-0.15, -0.1) is 0 Å². The molecule has 0 saturated heterocycles. The zero-order valence-corrected chi connectivity index (χ0v) is 7.85. The van der Waals surface area contributed by atoms with Crippen LogP contribution in [0.3, 0.4) is 0 Å². The van der Waals surface area contributed by atoms with Gasteiger partial charge in [0, 0.05) is 0 Å². The summed E-state index contributed by atoms with van der Waals surface area (Å²) in [5, 5.41) is 0. The van der Waals surface area contributed by atoms with Crippen molar-refractivity contribution in [3.05, 3.63) is 0 Å². The summed E-state index contributed by atoms with van der Waals surface area (Å²) in [6.45, 7) is 0. The maximum Gasteiger partial charge on any atom is 1.00 e. The Labute approximate surface area is 75.4 Å². The van der Waals surface area contributed by atoms with Crippen LogP contribution >= 0.6 is 0 Å².